The molecule has 0 saturated heterocycles. The van der Waals surface area contributed by atoms with Crippen molar-refractivity contribution >= 4 is 98.6 Å². The number of hydrogen-bond acceptors (Lipinski definition) is 2. The van der Waals surface area contributed by atoms with Crippen molar-refractivity contribution in [3.05, 3.63) is 254 Å². The maximum absolute atomic E-state index is 12.7. The normalized spacial score (nSPS) is 11.8. The molecule has 0 saturated carbocycles. The highest BCUT2D eigenvalue weighted by atomic mass is 15.2. The molecule has 0 aliphatic rings. The van der Waals surface area contributed by atoms with Gasteiger partial charge in [-0.2, -0.15) is 5.26 Å². The van der Waals surface area contributed by atoms with E-state index in [0.717, 1.165) is 122 Å². The zero-order valence-corrected chi connectivity index (χ0v) is 41.1. The molecule has 0 amide bonds. The molecule has 0 radical (unpaired) electrons. The minimum Gasteiger partial charge on any atom is -0.339 e. The van der Waals surface area contributed by atoms with E-state index in [1.807, 2.05) is 0 Å². The Morgan fingerprint density at radius 1 is 0.333 bits per heavy atom. The summed E-state index contributed by atoms with van der Waals surface area (Å²) in [7, 11) is 0. The summed E-state index contributed by atoms with van der Waals surface area (Å²) in [6, 6.07) is 92.5. The predicted molar refractivity (Wildman–Crippen MR) is 313 cm³/mol. The van der Waals surface area contributed by atoms with Gasteiger partial charge in [0.05, 0.1) is 72.6 Å². The van der Waals surface area contributed by atoms with E-state index in [2.05, 4.69) is 285 Å². The van der Waals surface area contributed by atoms with Gasteiger partial charge in [0, 0.05) is 66.4 Å². The molecule has 0 atom stereocenters. The van der Waals surface area contributed by atoms with Crippen LogP contribution in [-0.2, 0) is 0 Å². The van der Waals surface area contributed by atoms with Crippen LogP contribution in [0.2, 0.25) is 0 Å². The van der Waals surface area contributed by atoms with Gasteiger partial charge in [-0.3, -0.25) is 0 Å². The van der Waals surface area contributed by atoms with Crippen LogP contribution in [0, 0.1) is 11.3 Å². The van der Waals surface area contributed by atoms with Crippen LogP contribution in [0.1, 0.15) is 12.5 Å². The first kappa shape index (κ1) is 42.6. The number of nitriles is 1. The number of rotatable bonds is 8. The lowest BCUT2D eigenvalue weighted by atomic mass is 9.91. The third-order valence-corrected chi connectivity index (χ3v) is 15.6. The SMILES string of the molecule is CCN(c1ccccc1)c1c(C#N)c(-n2c3ccccc3c3ccccc32)c(-n2c3ccccc3c3ccccc32)c(-c2ccccc2-n2c3ccccc3c3ccccc32)c1-n1c2ccccc2c2ccccc21. The Hall–Kier alpha value is -10.1. The summed E-state index contributed by atoms with van der Waals surface area (Å²) < 4.78 is 9.80. The zero-order chi connectivity index (χ0) is 49.7. The van der Waals surface area contributed by atoms with Crippen LogP contribution in [0.15, 0.2) is 249 Å². The van der Waals surface area contributed by atoms with E-state index in [9.17, 15) is 5.26 Å². The summed E-state index contributed by atoms with van der Waals surface area (Å²) in [5.74, 6) is 0. The Labute approximate surface area is 432 Å². The molecule has 352 valence electrons. The second kappa shape index (κ2) is 16.7. The average Bonchev–Trinajstić information content (AvgIpc) is 4.33. The molecule has 0 aliphatic carbocycles. The third-order valence-electron chi connectivity index (χ3n) is 15.6. The summed E-state index contributed by atoms with van der Waals surface area (Å²) in [6.07, 6.45) is 0. The average molecular weight is 959 g/mol. The van der Waals surface area contributed by atoms with Crippen molar-refractivity contribution in [2.45, 2.75) is 6.92 Å². The van der Waals surface area contributed by atoms with Gasteiger partial charge in [0.15, 0.2) is 0 Å². The van der Waals surface area contributed by atoms with E-state index in [1.165, 1.54) is 10.8 Å². The molecule has 0 fully saturated rings. The fraction of sp³-hybridized carbons (Fsp3) is 0.0290. The Kier molecular flexibility index (Phi) is 9.51. The molecule has 4 aromatic heterocycles. The van der Waals surface area contributed by atoms with Gasteiger partial charge >= 0.3 is 0 Å². The molecule has 11 aromatic carbocycles. The molecular formula is C69H46N6. The molecule has 6 heteroatoms. The van der Waals surface area contributed by atoms with Crippen molar-refractivity contribution in [1.29, 1.82) is 5.26 Å². The molecule has 75 heavy (non-hydrogen) atoms. The van der Waals surface area contributed by atoms with Gasteiger partial charge in [0.1, 0.15) is 11.6 Å². The number of para-hydroxylation sites is 10. The van der Waals surface area contributed by atoms with Gasteiger partial charge in [0.25, 0.3) is 0 Å². The van der Waals surface area contributed by atoms with Gasteiger partial charge in [-0.15, -0.1) is 0 Å². The zero-order valence-electron chi connectivity index (χ0n) is 41.1. The molecule has 0 unspecified atom stereocenters. The maximum Gasteiger partial charge on any atom is 0.104 e. The lowest BCUT2D eigenvalue weighted by Gasteiger charge is -2.34. The number of benzene rings is 11. The number of aromatic nitrogens is 4. The highest BCUT2D eigenvalue weighted by Gasteiger charge is 2.36. The second-order valence-electron chi connectivity index (χ2n) is 19.3. The summed E-state index contributed by atoms with van der Waals surface area (Å²) in [5.41, 5.74) is 16.4. The molecule has 6 nitrogen and oxygen atoms in total. The van der Waals surface area contributed by atoms with E-state index in [4.69, 9.17) is 0 Å². The molecule has 0 bridgehead atoms. The minimum atomic E-state index is 0.555. The fourth-order valence-electron chi connectivity index (χ4n) is 12.6. The number of fused-ring (bicyclic) bond motifs is 12. The molecule has 15 aromatic rings. The van der Waals surface area contributed by atoms with Crippen LogP contribution in [0.3, 0.4) is 0 Å². The van der Waals surface area contributed by atoms with Crippen LogP contribution in [0.5, 0.6) is 0 Å². The minimum absolute atomic E-state index is 0.555. The highest BCUT2D eigenvalue weighted by molar-refractivity contribution is 6.17. The van der Waals surface area contributed by atoms with E-state index >= 15 is 0 Å². The Morgan fingerprint density at radius 2 is 0.640 bits per heavy atom. The van der Waals surface area contributed by atoms with Crippen LogP contribution >= 0.6 is 0 Å². The first-order valence-electron chi connectivity index (χ1n) is 25.7. The fourth-order valence-corrected chi connectivity index (χ4v) is 12.6. The van der Waals surface area contributed by atoms with Crippen LogP contribution in [0.25, 0.3) is 121 Å². The summed E-state index contributed by atoms with van der Waals surface area (Å²) >= 11 is 0. The van der Waals surface area contributed by atoms with E-state index < -0.39 is 0 Å². The van der Waals surface area contributed by atoms with Gasteiger partial charge in [-0.1, -0.05) is 182 Å². The standard InChI is InChI=1S/C69H46N6/c1-2-71(45-24-4-3-5-25-45)66-55(44-70)67(73-58-37-17-8-28-48(58)49-29-9-18-38-59(49)73)69(75-62-41-21-12-32-52(62)53-33-13-22-42-63(53)75)65(68(66)74-60-39-19-10-30-50(60)51-31-11-20-40-61(51)74)54-34-14-23-43-64(54)72-56-35-15-6-26-46(56)47-27-7-16-36-57(47)72/h3-43H,2H2,1H3. The van der Waals surface area contributed by atoms with Gasteiger partial charge in [-0.25, -0.2) is 0 Å². The molecule has 4 heterocycles. The van der Waals surface area contributed by atoms with E-state index in [0.29, 0.717) is 12.1 Å². The Morgan fingerprint density at radius 3 is 1.01 bits per heavy atom. The van der Waals surface area contributed by atoms with Gasteiger partial charge in [-0.05, 0) is 73.7 Å². The number of anilines is 2. The smallest absolute Gasteiger partial charge is 0.104 e. The lowest BCUT2D eigenvalue weighted by molar-refractivity contribution is 0.990. The summed E-state index contributed by atoms with van der Waals surface area (Å²) in [4.78, 5) is 2.37. The quantitative estimate of drug-likeness (QED) is 0.152. The van der Waals surface area contributed by atoms with Crippen LogP contribution < -0.4 is 4.90 Å². The highest BCUT2D eigenvalue weighted by Crippen LogP contribution is 2.54. The van der Waals surface area contributed by atoms with E-state index in [-0.39, 0.29) is 0 Å². The number of hydrogen-bond donors (Lipinski definition) is 0. The lowest BCUT2D eigenvalue weighted by Crippen LogP contribution is -2.23. The molecule has 0 aliphatic heterocycles. The van der Waals surface area contributed by atoms with Crippen molar-refractivity contribution in [3.63, 3.8) is 0 Å². The van der Waals surface area contributed by atoms with Crippen LogP contribution in [0.4, 0.5) is 11.4 Å². The van der Waals surface area contributed by atoms with Crippen molar-refractivity contribution < 1.29 is 0 Å². The van der Waals surface area contributed by atoms with Crippen molar-refractivity contribution in [2.24, 2.45) is 0 Å². The van der Waals surface area contributed by atoms with Crippen molar-refractivity contribution in [3.8, 4) is 39.9 Å². The molecule has 15 rings (SSSR count). The largest absolute Gasteiger partial charge is 0.339 e. The second-order valence-corrected chi connectivity index (χ2v) is 19.3. The first-order chi connectivity index (χ1) is 37.2. The van der Waals surface area contributed by atoms with Crippen molar-refractivity contribution in [2.75, 3.05) is 11.4 Å². The molecule has 0 N–H and O–H groups in total. The topological polar surface area (TPSA) is 46.8 Å². The van der Waals surface area contributed by atoms with Crippen molar-refractivity contribution in [1.82, 2.24) is 18.3 Å². The predicted octanol–water partition coefficient (Wildman–Crippen LogP) is 17.8. The Bertz CT molecular complexity index is 4630. The number of nitrogens with zero attached hydrogens (tertiary/aromatic N) is 6. The molecule has 0 spiro atoms. The summed E-state index contributed by atoms with van der Waals surface area (Å²) in [5, 5.41) is 21.8. The third kappa shape index (κ3) is 6.07. The van der Waals surface area contributed by atoms with Crippen LogP contribution in [-0.4, -0.2) is 24.8 Å². The van der Waals surface area contributed by atoms with Gasteiger partial charge < -0.3 is 23.2 Å². The molecular weight excluding hydrogens is 913 g/mol. The van der Waals surface area contributed by atoms with Gasteiger partial charge in [0.2, 0.25) is 0 Å². The monoisotopic (exact) mass is 958 g/mol. The first-order valence-corrected chi connectivity index (χ1v) is 25.7. The van der Waals surface area contributed by atoms with E-state index in [1.54, 1.807) is 0 Å². The summed E-state index contributed by atoms with van der Waals surface area (Å²) in [6.45, 7) is 2.77. The Balaban J connectivity index is 1.29. The maximum atomic E-state index is 12.7.